The fourth-order valence-electron chi connectivity index (χ4n) is 3.56. The molecule has 5 nitrogen and oxygen atoms in total. The van der Waals surface area contributed by atoms with Gasteiger partial charge < -0.3 is 9.84 Å². The predicted octanol–water partition coefficient (Wildman–Crippen LogP) is 3.78. The first-order chi connectivity index (χ1) is 12.7. The lowest BCUT2D eigenvalue weighted by Crippen LogP contribution is -2.24. The monoisotopic (exact) mass is 350 g/mol. The Morgan fingerprint density at radius 2 is 1.92 bits per heavy atom. The number of phenols is 1. The van der Waals surface area contributed by atoms with Gasteiger partial charge in [0.1, 0.15) is 11.5 Å². The molecule has 0 atom stereocenters. The third-order valence-electron chi connectivity index (χ3n) is 4.96. The number of rotatable bonds is 3. The summed E-state index contributed by atoms with van der Waals surface area (Å²) in [6.45, 7) is 2.61. The van der Waals surface area contributed by atoms with Crippen LogP contribution in [0.5, 0.6) is 11.5 Å². The number of allylic oxidation sites excluding steroid dienone is 1. The van der Waals surface area contributed by atoms with Crippen molar-refractivity contribution in [2.24, 2.45) is 0 Å². The molecule has 2 aliphatic heterocycles. The van der Waals surface area contributed by atoms with E-state index in [2.05, 4.69) is 9.88 Å². The standard InChI is InChI=1S/C21H22N2O3/c24-18-9-8-16-20(25)19(13-15-7-3-4-10-22-15)26-21(16)17(18)14-23-11-5-1-2-6-12-23/h3-4,7-10,13,24H,1-2,5-6,11-12,14H2/b19-13-. The summed E-state index contributed by atoms with van der Waals surface area (Å²) >= 11 is 0. The lowest BCUT2D eigenvalue weighted by atomic mass is 10.0. The van der Waals surface area contributed by atoms with Crippen LogP contribution < -0.4 is 4.74 Å². The van der Waals surface area contributed by atoms with E-state index in [9.17, 15) is 9.90 Å². The maximum Gasteiger partial charge on any atom is 0.232 e. The van der Waals surface area contributed by atoms with Gasteiger partial charge in [-0.15, -0.1) is 0 Å². The van der Waals surface area contributed by atoms with Gasteiger partial charge in [-0.1, -0.05) is 18.9 Å². The molecule has 0 spiro atoms. The first-order valence-electron chi connectivity index (χ1n) is 9.15. The molecule has 1 saturated heterocycles. The zero-order valence-electron chi connectivity index (χ0n) is 14.6. The Morgan fingerprint density at radius 3 is 2.65 bits per heavy atom. The molecule has 0 bridgehead atoms. The smallest absolute Gasteiger partial charge is 0.232 e. The minimum atomic E-state index is -0.164. The summed E-state index contributed by atoms with van der Waals surface area (Å²) in [7, 11) is 0. The summed E-state index contributed by atoms with van der Waals surface area (Å²) < 4.78 is 5.89. The van der Waals surface area contributed by atoms with Crippen molar-refractivity contribution >= 4 is 11.9 Å². The first-order valence-corrected chi connectivity index (χ1v) is 9.15. The first kappa shape index (κ1) is 16.8. The van der Waals surface area contributed by atoms with Gasteiger partial charge in [0.25, 0.3) is 0 Å². The van der Waals surface area contributed by atoms with Crippen LogP contribution in [0.1, 0.15) is 47.3 Å². The Kier molecular flexibility index (Phi) is 4.71. The molecule has 1 aromatic heterocycles. The second-order valence-corrected chi connectivity index (χ2v) is 6.82. The molecule has 1 N–H and O–H groups in total. The lowest BCUT2D eigenvalue weighted by Gasteiger charge is -2.21. The molecule has 0 aliphatic carbocycles. The van der Waals surface area contributed by atoms with E-state index >= 15 is 0 Å². The molecule has 3 heterocycles. The second-order valence-electron chi connectivity index (χ2n) is 6.82. The maximum atomic E-state index is 12.7. The van der Waals surface area contributed by atoms with Crippen molar-refractivity contribution in [3.8, 4) is 11.5 Å². The number of phenolic OH excluding ortho intramolecular Hbond substituents is 1. The van der Waals surface area contributed by atoms with Crippen LogP contribution in [-0.2, 0) is 6.54 Å². The predicted molar refractivity (Wildman–Crippen MR) is 99.0 cm³/mol. The lowest BCUT2D eigenvalue weighted by molar-refractivity contribution is 0.101. The van der Waals surface area contributed by atoms with E-state index < -0.39 is 0 Å². The van der Waals surface area contributed by atoms with Crippen LogP contribution in [0.25, 0.3) is 6.08 Å². The van der Waals surface area contributed by atoms with Crippen molar-refractivity contribution in [3.05, 3.63) is 59.1 Å². The zero-order valence-corrected chi connectivity index (χ0v) is 14.6. The number of likely N-dealkylation sites (tertiary alicyclic amines) is 1. The summed E-state index contributed by atoms with van der Waals surface area (Å²) in [6, 6.07) is 8.74. The minimum absolute atomic E-state index is 0.164. The molecule has 2 aromatic rings. The normalized spacial score (nSPS) is 19.2. The average Bonchev–Trinajstić information content (AvgIpc) is 2.83. The molecule has 1 fully saturated rings. The highest BCUT2D eigenvalue weighted by molar-refractivity contribution is 6.14. The van der Waals surface area contributed by atoms with Crippen molar-refractivity contribution in [3.63, 3.8) is 0 Å². The summed E-state index contributed by atoms with van der Waals surface area (Å²) in [5.41, 5.74) is 1.87. The number of carbonyl (C=O) groups excluding carboxylic acids is 1. The Hall–Kier alpha value is -2.66. The highest BCUT2D eigenvalue weighted by atomic mass is 16.5. The number of Topliss-reactive ketones (excluding diaryl/α,β-unsaturated/α-hetero) is 1. The number of hydrogen-bond acceptors (Lipinski definition) is 5. The molecule has 5 heteroatoms. The Balaban J connectivity index is 1.64. The van der Waals surface area contributed by atoms with Crippen LogP contribution in [0.4, 0.5) is 0 Å². The van der Waals surface area contributed by atoms with E-state index in [1.807, 2.05) is 18.2 Å². The number of carbonyl (C=O) groups is 1. The molecule has 4 rings (SSSR count). The number of nitrogens with zero attached hydrogens (tertiary/aromatic N) is 2. The van der Waals surface area contributed by atoms with Gasteiger partial charge in [0.2, 0.25) is 5.78 Å². The molecule has 26 heavy (non-hydrogen) atoms. The van der Waals surface area contributed by atoms with Crippen molar-refractivity contribution < 1.29 is 14.6 Å². The highest BCUT2D eigenvalue weighted by Crippen LogP contribution is 2.40. The molecule has 0 saturated carbocycles. The van der Waals surface area contributed by atoms with Crippen molar-refractivity contribution in [1.82, 2.24) is 9.88 Å². The zero-order chi connectivity index (χ0) is 17.9. The third kappa shape index (κ3) is 3.35. The van der Waals surface area contributed by atoms with Crippen LogP contribution in [-0.4, -0.2) is 33.9 Å². The van der Waals surface area contributed by atoms with Crippen LogP contribution in [0.15, 0.2) is 42.3 Å². The molecular formula is C21H22N2O3. The molecule has 0 radical (unpaired) electrons. The van der Waals surface area contributed by atoms with E-state index in [1.165, 1.54) is 25.7 Å². The molecular weight excluding hydrogens is 328 g/mol. The minimum Gasteiger partial charge on any atom is -0.507 e. The second kappa shape index (κ2) is 7.30. The quantitative estimate of drug-likeness (QED) is 0.854. The highest BCUT2D eigenvalue weighted by Gasteiger charge is 2.31. The number of hydrogen-bond donors (Lipinski definition) is 1. The molecule has 0 unspecified atom stereocenters. The maximum absolute atomic E-state index is 12.7. The van der Waals surface area contributed by atoms with Gasteiger partial charge in [0.15, 0.2) is 5.76 Å². The van der Waals surface area contributed by atoms with Gasteiger partial charge in [-0.25, -0.2) is 0 Å². The summed E-state index contributed by atoms with van der Waals surface area (Å²) in [6.07, 6.45) is 8.16. The number of pyridine rings is 1. The van der Waals surface area contributed by atoms with E-state index in [0.717, 1.165) is 13.1 Å². The average molecular weight is 350 g/mol. The molecule has 1 aromatic carbocycles. The van der Waals surface area contributed by atoms with Crippen molar-refractivity contribution in [1.29, 1.82) is 0 Å². The number of fused-ring (bicyclic) bond motifs is 1. The van der Waals surface area contributed by atoms with E-state index in [-0.39, 0.29) is 17.3 Å². The number of aromatic nitrogens is 1. The third-order valence-corrected chi connectivity index (χ3v) is 4.96. The summed E-state index contributed by atoms with van der Waals surface area (Å²) in [5.74, 6) is 0.755. The van der Waals surface area contributed by atoms with Crippen LogP contribution in [0.2, 0.25) is 0 Å². The Bertz CT molecular complexity index is 838. The molecule has 134 valence electrons. The summed E-state index contributed by atoms with van der Waals surface area (Å²) in [5, 5.41) is 10.4. The Morgan fingerprint density at radius 1 is 1.12 bits per heavy atom. The van der Waals surface area contributed by atoms with E-state index in [4.69, 9.17) is 4.74 Å². The largest absolute Gasteiger partial charge is 0.507 e. The van der Waals surface area contributed by atoms with Crippen LogP contribution in [0, 0.1) is 0 Å². The van der Waals surface area contributed by atoms with E-state index in [0.29, 0.717) is 29.1 Å². The van der Waals surface area contributed by atoms with Crippen molar-refractivity contribution in [2.45, 2.75) is 32.2 Å². The van der Waals surface area contributed by atoms with Gasteiger partial charge in [0, 0.05) is 18.8 Å². The van der Waals surface area contributed by atoms with E-state index in [1.54, 1.807) is 24.4 Å². The fourth-order valence-corrected chi connectivity index (χ4v) is 3.56. The van der Waals surface area contributed by atoms with Gasteiger partial charge in [-0.2, -0.15) is 0 Å². The van der Waals surface area contributed by atoms with Gasteiger partial charge in [0.05, 0.1) is 16.8 Å². The van der Waals surface area contributed by atoms with Crippen molar-refractivity contribution in [2.75, 3.05) is 13.1 Å². The van der Waals surface area contributed by atoms with Crippen LogP contribution in [0.3, 0.4) is 0 Å². The fraction of sp³-hybridized carbons (Fsp3) is 0.333. The molecule has 0 amide bonds. The Labute approximate surface area is 152 Å². The number of aromatic hydroxyl groups is 1. The summed E-state index contributed by atoms with van der Waals surface area (Å²) in [4.78, 5) is 19.2. The van der Waals surface area contributed by atoms with Gasteiger partial charge in [-0.3, -0.25) is 14.7 Å². The van der Waals surface area contributed by atoms with Gasteiger partial charge >= 0.3 is 0 Å². The number of ether oxygens (including phenoxy) is 1. The van der Waals surface area contributed by atoms with Gasteiger partial charge in [-0.05, 0) is 50.2 Å². The molecule has 2 aliphatic rings. The topological polar surface area (TPSA) is 62.7 Å². The van der Waals surface area contributed by atoms with Crippen LogP contribution >= 0.6 is 0 Å². The SMILES string of the molecule is O=C1/C(=C/c2ccccn2)Oc2c1ccc(O)c2CN1CCCCCC1. The number of ketones is 1. The number of benzene rings is 1.